The van der Waals surface area contributed by atoms with Crippen LogP contribution in [0.1, 0.15) is 11.8 Å². The van der Waals surface area contributed by atoms with E-state index in [0.29, 0.717) is 24.6 Å². The summed E-state index contributed by atoms with van der Waals surface area (Å²) in [5.41, 5.74) is 0.677. The van der Waals surface area contributed by atoms with E-state index in [1.54, 1.807) is 10.9 Å². The van der Waals surface area contributed by atoms with Crippen molar-refractivity contribution in [1.29, 1.82) is 0 Å². The van der Waals surface area contributed by atoms with Gasteiger partial charge in [0.1, 0.15) is 6.10 Å². The minimum atomic E-state index is -0.662. The van der Waals surface area contributed by atoms with Gasteiger partial charge < -0.3 is 20.1 Å². The van der Waals surface area contributed by atoms with Crippen LogP contribution in [0.4, 0.5) is 5.82 Å². The number of fused-ring (bicyclic) bond motifs is 1. The number of aliphatic hydroxyl groups is 2. The van der Waals surface area contributed by atoms with E-state index in [4.69, 9.17) is 5.11 Å². The fraction of sp³-hybridized carbons (Fsp3) is 0.500. The first kappa shape index (κ1) is 9.17. The number of aliphatic imine (C=N–C) groups is 1. The number of nitrogens with one attached hydrogen (secondary N) is 1. The number of rotatable bonds is 2. The molecule has 0 fully saturated rings. The summed E-state index contributed by atoms with van der Waals surface area (Å²) in [6, 6.07) is 0. The van der Waals surface area contributed by atoms with Crippen LogP contribution in [0.25, 0.3) is 0 Å². The predicted molar refractivity (Wildman–Crippen MR) is 51.3 cm³/mol. The molecule has 0 bridgehead atoms. The van der Waals surface area contributed by atoms with Crippen LogP contribution in [0.15, 0.2) is 11.3 Å². The minimum absolute atomic E-state index is 0.0242. The molecule has 1 aliphatic rings. The van der Waals surface area contributed by atoms with E-state index < -0.39 is 6.10 Å². The van der Waals surface area contributed by atoms with Crippen LogP contribution in [-0.4, -0.2) is 39.3 Å². The molecule has 0 aromatic carbocycles. The standard InChI is InChI=1S/C8H12N4O2/c13-2-1-12-5-11-8-7(12)6(14)3-9-4-10-8/h4-6,13-14H,1-3H2,(H,9,10). The molecule has 0 spiro atoms. The third-order valence-electron chi connectivity index (χ3n) is 2.11. The van der Waals surface area contributed by atoms with E-state index in [0.717, 1.165) is 0 Å². The van der Waals surface area contributed by atoms with Gasteiger partial charge in [0, 0.05) is 6.54 Å². The Bertz CT molecular complexity index is 347. The van der Waals surface area contributed by atoms with Crippen LogP contribution in [0, 0.1) is 0 Å². The van der Waals surface area contributed by atoms with E-state index in [2.05, 4.69) is 15.3 Å². The molecule has 3 N–H and O–H groups in total. The summed E-state index contributed by atoms with van der Waals surface area (Å²) in [6.07, 6.45) is 2.45. The van der Waals surface area contributed by atoms with Crippen LogP contribution in [0.5, 0.6) is 0 Å². The molecule has 0 saturated carbocycles. The lowest BCUT2D eigenvalue weighted by molar-refractivity contribution is 0.175. The van der Waals surface area contributed by atoms with Crippen molar-refractivity contribution in [2.45, 2.75) is 12.6 Å². The number of nitrogens with zero attached hydrogens (tertiary/aromatic N) is 3. The molecule has 1 aromatic heterocycles. The Hall–Kier alpha value is -1.40. The molecular formula is C8H12N4O2. The second-order valence-electron chi connectivity index (χ2n) is 3.05. The van der Waals surface area contributed by atoms with Gasteiger partial charge in [0.25, 0.3) is 0 Å². The molecule has 6 heteroatoms. The summed E-state index contributed by atoms with van der Waals surface area (Å²) in [4.78, 5) is 8.01. The van der Waals surface area contributed by atoms with Crippen molar-refractivity contribution in [2.24, 2.45) is 4.99 Å². The van der Waals surface area contributed by atoms with Crippen molar-refractivity contribution in [3.8, 4) is 0 Å². The second-order valence-corrected chi connectivity index (χ2v) is 3.05. The summed E-state index contributed by atoms with van der Waals surface area (Å²) in [7, 11) is 0. The number of anilines is 1. The van der Waals surface area contributed by atoms with Crippen molar-refractivity contribution in [1.82, 2.24) is 9.55 Å². The Labute approximate surface area is 80.9 Å². The molecule has 1 unspecified atom stereocenters. The van der Waals surface area contributed by atoms with Gasteiger partial charge in [-0.1, -0.05) is 0 Å². The highest BCUT2D eigenvalue weighted by molar-refractivity contribution is 5.75. The Kier molecular flexibility index (Phi) is 2.47. The zero-order valence-electron chi connectivity index (χ0n) is 7.59. The van der Waals surface area contributed by atoms with Crippen molar-refractivity contribution >= 4 is 12.2 Å². The quantitative estimate of drug-likeness (QED) is 0.587. The van der Waals surface area contributed by atoms with Crippen molar-refractivity contribution in [2.75, 3.05) is 18.5 Å². The van der Waals surface area contributed by atoms with Gasteiger partial charge in [-0.15, -0.1) is 0 Å². The number of hydrogen-bond donors (Lipinski definition) is 3. The van der Waals surface area contributed by atoms with Crippen LogP contribution in [-0.2, 0) is 6.54 Å². The van der Waals surface area contributed by atoms with Gasteiger partial charge in [0.05, 0.1) is 31.5 Å². The molecular weight excluding hydrogens is 184 g/mol. The smallest absolute Gasteiger partial charge is 0.155 e. The van der Waals surface area contributed by atoms with Gasteiger partial charge in [0.15, 0.2) is 5.82 Å². The maximum absolute atomic E-state index is 9.74. The first-order chi connectivity index (χ1) is 6.83. The van der Waals surface area contributed by atoms with Crippen molar-refractivity contribution in [3.05, 3.63) is 12.0 Å². The Morgan fingerprint density at radius 3 is 3.29 bits per heavy atom. The summed E-state index contributed by atoms with van der Waals surface area (Å²) in [6.45, 7) is 0.772. The van der Waals surface area contributed by atoms with E-state index in [-0.39, 0.29) is 6.61 Å². The predicted octanol–water partition coefficient (Wildman–Crippen LogP) is -0.637. The highest BCUT2D eigenvalue weighted by Gasteiger charge is 2.19. The molecule has 14 heavy (non-hydrogen) atoms. The molecule has 0 radical (unpaired) electrons. The number of aromatic nitrogens is 2. The van der Waals surface area contributed by atoms with Gasteiger partial charge in [-0.25, -0.2) is 4.98 Å². The molecule has 76 valence electrons. The first-order valence-corrected chi connectivity index (χ1v) is 4.41. The average molecular weight is 196 g/mol. The molecule has 2 heterocycles. The van der Waals surface area contributed by atoms with Crippen LogP contribution >= 0.6 is 0 Å². The molecule has 1 atom stereocenters. The van der Waals surface area contributed by atoms with E-state index in [9.17, 15) is 5.11 Å². The van der Waals surface area contributed by atoms with Gasteiger partial charge in [0.2, 0.25) is 0 Å². The second kappa shape index (κ2) is 3.77. The van der Waals surface area contributed by atoms with Crippen LogP contribution < -0.4 is 5.32 Å². The Morgan fingerprint density at radius 2 is 2.50 bits per heavy atom. The topological polar surface area (TPSA) is 82.7 Å². The van der Waals surface area contributed by atoms with E-state index in [1.807, 2.05) is 0 Å². The zero-order chi connectivity index (χ0) is 9.97. The monoisotopic (exact) mass is 196 g/mol. The molecule has 6 nitrogen and oxygen atoms in total. The van der Waals surface area contributed by atoms with Gasteiger partial charge in [-0.2, -0.15) is 0 Å². The first-order valence-electron chi connectivity index (χ1n) is 4.41. The van der Waals surface area contributed by atoms with Crippen molar-refractivity contribution < 1.29 is 10.2 Å². The SMILES string of the molecule is OCCn1cnc2c1C(O)CN=CN2. The lowest BCUT2D eigenvalue weighted by Crippen LogP contribution is -2.11. The lowest BCUT2D eigenvalue weighted by atomic mass is 10.2. The van der Waals surface area contributed by atoms with Gasteiger partial charge in [-0.3, -0.25) is 4.99 Å². The Morgan fingerprint density at radius 1 is 1.64 bits per heavy atom. The van der Waals surface area contributed by atoms with E-state index >= 15 is 0 Å². The summed E-state index contributed by atoms with van der Waals surface area (Å²) in [5.74, 6) is 0.604. The minimum Gasteiger partial charge on any atom is -0.395 e. The number of aliphatic hydroxyl groups excluding tert-OH is 2. The maximum atomic E-state index is 9.74. The van der Waals surface area contributed by atoms with E-state index in [1.165, 1.54) is 6.34 Å². The largest absolute Gasteiger partial charge is 0.395 e. The molecule has 1 aliphatic heterocycles. The van der Waals surface area contributed by atoms with Crippen LogP contribution in [0.2, 0.25) is 0 Å². The summed E-state index contributed by atoms with van der Waals surface area (Å²) < 4.78 is 1.72. The Balaban J connectivity index is 2.35. The zero-order valence-corrected chi connectivity index (χ0v) is 7.59. The molecule has 1 aromatic rings. The number of imidazole rings is 1. The maximum Gasteiger partial charge on any atom is 0.155 e. The van der Waals surface area contributed by atoms with Crippen LogP contribution in [0.3, 0.4) is 0 Å². The van der Waals surface area contributed by atoms with Crippen molar-refractivity contribution in [3.63, 3.8) is 0 Å². The fourth-order valence-corrected chi connectivity index (χ4v) is 1.48. The summed E-state index contributed by atoms with van der Waals surface area (Å²) in [5, 5.41) is 21.4. The summed E-state index contributed by atoms with van der Waals surface area (Å²) >= 11 is 0. The average Bonchev–Trinajstić information content (AvgIpc) is 2.47. The fourth-order valence-electron chi connectivity index (χ4n) is 1.48. The van der Waals surface area contributed by atoms with Gasteiger partial charge in [-0.05, 0) is 0 Å². The molecule has 2 rings (SSSR count). The van der Waals surface area contributed by atoms with Gasteiger partial charge >= 0.3 is 0 Å². The third kappa shape index (κ3) is 1.49. The molecule has 0 saturated heterocycles. The highest BCUT2D eigenvalue weighted by atomic mass is 16.3. The third-order valence-corrected chi connectivity index (χ3v) is 2.11. The number of hydrogen-bond acceptors (Lipinski definition) is 5. The lowest BCUT2D eigenvalue weighted by Gasteiger charge is -2.10. The molecule has 0 amide bonds. The molecule has 0 aliphatic carbocycles. The highest BCUT2D eigenvalue weighted by Crippen LogP contribution is 2.23. The normalized spacial score (nSPS) is 20.0.